The molecule has 2 aromatic carbocycles. The van der Waals surface area contributed by atoms with Gasteiger partial charge in [-0.05, 0) is 35.1 Å². The summed E-state index contributed by atoms with van der Waals surface area (Å²) in [5, 5.41) is 0. The van der Waals surface area contributed by atoms with Gasteiger partial charge in [0, 0.05) is 5.41 Å². The van der Waals surface area contributed by atoms with E-state index < -0.39 is 0 Å². The number of fused-ring (bicyclic) bond motifs is 3. The zero-order valence-electron chi connectivity index (χ0n) is 28.9. The van der Waals surface area contributed by atoms with E-state index >= 15 is 0 Å². The second-order valence-electron chi connectivity index (χ2n) is 14.2. The van der Waals surface area contributed by atoms with Crippen LogP contribution in [0.2, 0.25) is 0 Å². The van der Waals surface area contributed by atoms with E-state index in [9.17, 15) is 0 Å². The summed E-state index contributed by atoms with van der Waals surface area (Å²) < 4.78 is 0. The average molecular weight is 587 g/mol. The van der Waals surface area contributed by atoms with E-state index in [1.807, 2.05) is 0 Å². The Balaban J connectivity index is 1.38. The minimum atomic E-state index is 0.239. The highest BCUT2D eigenvalue weighted by Gasteiger charge is 2.41. The zero-order valence-corrected chi connectivity index (χ0v) is 28.9. The molecule has 0 spiro atoms. The summed E-state index contributed by atoms with van der Waals surface area (Å²) in [6, 6.07) is 18.8. The first kappa shape index (κ1) is 35.9. The van der Waals surface area contributed by atoms with E-state index in [2.05, 4.69) is 62.4 Å². The summed E-state index contributed by atoms with van der Waals surface area (Å²) in [6.07, 6.45) is 39.9. The molecule has 1 aliphatic rings. The minimum Gasteiger partial charge on any atom is -0.0654 e. The van der Waals surface area contributed by atoms with Crippen molar-refractivity contribution < 1.29 is 0 Å². The van der Waals surface area contributed by atoms with Gasteiger partial charge in [0.25, 0.3) is 0 Å². The Morgan fingerprint density at radius 3 is 0.884 bits per heavy atom. The van der Waals surface area contributed by atoms with Crippen molar-refractivity contribution in [1.82, 2.24) is 0 Å². The fourth-order valence-electron chi connectivity index (χ4n) is 7.97. The summed E-state index contributed by atoms with van der Waals surface area (Å²) in [6.45, 7) is 4.62. The second-order valence-corrected chi connectivity index (χ2v) is 14.2. The molecule has 0 saturated heterocycles. The van der Waals surface area contributed by atoms with Crippen LogP contribution in [0.1, 0.15) is 205 Å². The highest BCUT2D eigenvalue weighted by atomic mass is 14.4. The highest BCUT2D eigenvalue weighted by molar-refractivity contribution is 5.80. The monoisotopic (exact) mass is 587 g/mol. The Bertz CT molecular complexity index is 861. The summed E-state index contributed by atoms with van der Waals surface area (Å²) in [4.78, 5) is 0. The maximum absolute atomic E-state index is 2.47. The molecule has 0 amide bonds. The quantitative estimate of drug-likeness (QED) is 0.0870. The molecule has 242 valence electrons. The third-order valence-electron chi connectivity index (χ3n) is 10.6. The molecule has 0 heteroatoms. The summed E-state index contributed by atoms with van der Waals surface area (Å²) in [5.41, 5.74) is 6.54. The predicted octanol–water partition coefficient (Wildman–Crippen LogP) is 14.9. The van der Waals surface area contributed by atoms with E-state index in [0.717, 1.165) is 0 Å². The molecule has 0 fully saturated rings. The first-order chi connectivity index (χ1) is 21.3. The maximum Gasteiger partial charge on any atom is 0.0215 e. The van der Waals surface area contributed by atoms with Crippen molar-refractivity contribution in [3.63, 3.8) is 0 Å². The van der Waals surface area contributed by atoms with Crippen LogP contribution < -0.4 is 0 Å². The second kappa shape index (κ2) is 22.9. The fourth-order valence-corrected chi connectivity index (χ4v) is 7.97. The van der Waals surface area contributed by atoms with E-state index in [1.54, 1.807) is 11.1 Å². The Kier molecular flexibility index (Phi) is 19.1. The molecule has 1 aliphatic carbocycles. The first-order valence-corrected chi connectivity index (χ1v) is 19.5. The molecule has 0 bridgehead atoms. The third-order valence-corrected chi connectivity index (χ3v) is 10.6. The van der Waals surface area contributed by atoms with Crippen molar-refractivity contribution in [1.29, 1.82) is 0 Å². The lowest BCUT2D eigenvalue weighted by atomic mass is 9.70. The van der Waals surface area contributed by atoms with Crippen molar-refractivity contribution in [3.05, 3.63) is 59.7 Å². The lowest BCUT2D eigenvalue weighted by molar-refractivity contribution is 0.397. The van der Waals surface area contributed by atoms with Crippen molar-refractivity contribution in [3.8, 4) is 11.1 Å². The molecule has 0 saturated carbocycles. The molecule has 0 unspecified atom stereocenters. The van der Waals surface area contributed by atoms with Gasteiger partial charge in [-0.3, -0.25) is 0 Å². The molecule has 0 aromatic heterocycles. The topological polar surface area (TPSA) is 0 Å². The number of rotatable bonds is 28. The van der Waals surface area contributed by atoms with Crippen LogP contribution in [-0.4, -0.2) is 0 Å². The van der Waals surface area contributed by atoms with E-state index in [-0.39, 0.29) is 5.41 Å². The number of benzene rings is 2. The van der Waals surface area contributed by atoms with Crippen LogP contribution in [0.15, 0.2) is 48.5 Å². The molecule has 3 rings (SSSR count). The summed E-state index contributed by atoms with van der Waals surface area (Å²) >= 11 is 0. The van der Waals surface area contributed by atoms with E-state index in [1.165, 1.54) is 191 Å². The van der Waals surface area contributed by atoms with Crippen LogP contribution in [0.3, 0.4) is 0 Å². The fraction of sp³-hybridized carbons (Fsp3) is 0.721. The molecule has 0 heterocycles. The van der Waals surface area contributed by atoms with Crippen LogP contribution in [0.5, 0.6) is 0 Å². The van der Waals surface area contributed by atoms with Gasteiger partial charge < -0.3 is 0 Å². The maximum atomic E-state index is 2.47. The van der Waals surface area contributed by atoms with Crippen molar-refractivity contribution in [2.75, 3.05) is 0 Å². The molecular formula is C43H70. The number of unbranched alkanes of at least 4 members (excludes halogenated alkanes) is 24. The Labute approximate surface area is 269 Å². The number of hydrogen-bond acceptors (Lipinski definition) is 0. The van der Waals surface area contributed by atoms with Gasteiger partial charge in [-0.15, -0.1) is 0 Å². The van der Waals surface area contributed by atoms with Crippen molar-refractivity contribution in [2.45, 2.75) is 199 Å². The molecule has 0 radical (unpaired) electrons. The molecular weight excluding hydrogens is 516 g/mol. The standard InChI is InChI=1S/C43H70/c1-3-5-7-9-11-13-15-17-19-21-23-25-31-37-43(38-32-26-24-22-20-18-16-14-12-10-8-6-4-2)41-35-29-27-33-39(41)40-34-28-30-36-42(40)43/h27-30,33-36H,3-26,31-32,37-38H2,1-2H3. The van der Waals surface area contributed by atoms with Crippen LogP contribution >= 0.6 is 0 Å². The highest BCUT2D eigenvalue weighted by Crippen LogP contribution is 2.54. The SMILES string of the molecule is CCCCCCCCCCCCCCCC1(CCCCCCCCCCCCCCC)c2ccccc2-c2ccccc21. The molecule has 0 atom stereocenters. The predicted molar refractivity (Wildman–Crippen MR) is 193 cm³/mol. The Morgan fingerprint density at radius 2 is 0.581 bits per heavy atom. The van der Waals surface area contributed by atoms with Crippen LogP contribution in [-0.2, 0) is 5.41 Å². The molecule has 0 nitrogen and oxygen atoms in total. The smallest absolute Gasteiger partial charge is 0.0215 e. The molecule has 2 aromatic rings. The average Bonchev–Trinajstić information content (AvgIpc) is 3.31. The van der Waals surface area contributed by atoms with Gasteiger partial charge in [-0.25, -0.2) is 0 Å². The van der Waals surface area contributed by atoms with Gasteiger partial charge in [0.15, 0.2) is 0 Å². The minimum absolute atomic E-state index is 0.239. The lowest BCUT2D eigenvalue weighted by Crippen LogP contribution is -2.25. The third kappa shape index (κ3) is 12.8. The number of hydrogen-bond donors (Lipinski definition) is 0. The lowest BCUT2D eigenvalue weighted by Gasteiger charge is -2.33. The van der Waals surface area contributed by atoms with E-state index in [0.29, 0.717) is 0 Å². The van der Waals surface area contributed by atoms with E-state index in [4.69, 9.17) is 0 Å². The van der Waals surface area contributed by atoms with Crippen LogP contribution in [0, 0.1) is 0 Å². The van der Waals surface area contributed by atoms with Crippen LogP contribution in [0.4, 0.5) is 0 Å². The Morgan fingerprint density at radius 1 is 0.326 bits per heavy atom. The van der Waals surface area contributed by atoms with Crippen molar-refractivity contribution >= 4 is 0 Å². The molecule has 0 aliphatic heterocycles. The summed E-state index contributed by atoms with van der Waals surface area (Å²) in [5.74, 6) is 0. The van der Waals surface area contributed by atoms with Gasteiger partial charge in [0.2, 0.25) is 0 Å². The Hall–Kier alpha value is -1.56. The summed E-state index contributed by atoms with van der Waals surface area (Å²) in [7, 11) is 0. The van der Waals surface area contributed by atoms with Gasteiger partial charge in [0.05, 0.1) is 0 Å². The van der Waals surface area contributed by atoms with Crippen LogP contribution in [0.25, 0.3) is 11.1 Å². The van der Waals surface area contributed by atoms with Gasteiger partial charge in [0.1, 0.15) is 0 Å². The first-order valence-electron chi connectivity index (χ1n) is 19.5. The normalized spacial score (nSPS) is 13.3. The van der Waals surface area contributed by atoms with Gasteiger partial charge in [-0.1, -0.05) is 229 Å². The largest absolute Gasteiger partial charge is 0.0654 e. The van der Waals surface area contributed by atoms with Gasteiger partial charge >= 0.3 is 0 Å². The molecule has 43 heavy (non-hydrogen) atoms. The molecule has 0 N–H and O–H groups in total. The van der Waals surface area contributed by atoms with Gasteiger partial charge in [-0.2, -0.15) is 0 Å². The van der Waals surface area contributed by atoms with Crippen molar-refractivity contribution in [2.24, 2.45) is 0 Å². The zero-order chi connectivity index (χ0) is 30.3.